The minimum absolute atomic E-state index is 0.0989. The highest BCUT2D eigenvalue weighted by Gasteiger charge is 2.50. The Kier molecular flexibility index (Phi) is 5.20. The molecular weight excluding hydrogens is 228 g/mol. The summed E-state index contributed by atoms with van der Waals surface area (Å²) in [4.78, 5) is 12.2. The van der Waals surface area contributed by atoms with E-state index in [0.717, 1.165) is 12.8 Å². The molecule has 0 bridgehead atoms. The van der Waals surface area contributed by atoms with Crippen molar-refractivity contribution in [2.75, 3.05) is 6.61 Å². The quantitative estimate of drug-likeness (QED) is 0.786. The number of esters is 1. The Morgan fingerprint density at radius 1 is 1.44 bits per heavy atom. The Bertz CT molecular complexity index is 287. The molecule has 0 spiro atoms. The van der Waals surface area contributed by atoms with Crippen molar-refractivity contribution in [3.05, 3.63) is 0 Å². The summed E-state index contributed by atoms with van der Waals surface area (Å²) in [6.45, 7) is 10.4. The van der Waals surface area contributed by atoms with E-state index in [2.05, 4.69) is 13.8 Å². The summed E-state index contributed by atoms with van der Waals surface area (Å²) in [6.07, 6.45) is 2.84. The Balaban J connectivity index is 2.99. The molecule has 1 N–H and O–H groups in total. The molecule has 106 valence electrons. The molecule has 4 unspecified atom stereocenters. The second kappa shape index (κ2) is 6.05. The van der Waals surface area contributed by atoms with Crippen molar-refractivity contribution in [1.82, 2.24) is 0 Å². The van der Waals surface area contributed by atoms with Crippen molar-refractivity contribution >= 4 is 5.97 Å². The molecule has 3 nitrogen and oxygen atoms in total. The minimum Gasteiger partial charge on any atom is -0.466 e. The lowest BCUT2D eigenvalue weighted by Gasteiger charge is -2.47. The van der Waals surface area contributed by atoms with Gasteiger partial charge in [-0.05, 0) is 31.1 Å². The van der Waals surface area contributed by atoms with E-state index in [0.29, 0.717) is 18.9 Å². The molecule has 3 heteroatoms. The molecule has 0 aromatic rings. The summed E-state index contributed by atoms with van der Waals surface area (Å²) in [5.74, 6) is 0.0513. The third-order valence-electron chi connectivity index (χ3n) is 4.62. The maximum absolute atomic E-state index is 12.2. The highest BCUT2D eigenvalue weighted by molar-refractivity contribution is 5.74. The van der Waals surface area contributed by atoms with Crippen molar-refractivity contribution in [3.63, 3.8) is 0 Å². The first-order valence-electron chi connectivity index (χ1n) is 7.23. The van der Waals surface area contributed by atoms with Gasteiger partial charge in [-0.15, -0.1) is 0 Å². The van der Waals surface area contributed by atoms with Crippen LogP contribution in [-0.4, -0.2) is 23.3 Å². The van der Waals surface area contributed by atoms with E-state index in [1.54, 1.807) is 0 Å². The number of carbonyl (C=O) groups is 1. The van der Waals surface area contributed by atoms with Crippen molar-refractivity contribution in [1.29, 1.82) is 0 Å². The fourth-order valence-electron chi connectivity index (χ4n) is 3.40. The molecule has 0 aliphatic heterocycles. The van der Waals surface area contributed by atoms with Gasteiger partial charge in [0.15, 0.2) is 0 Å². The smallest absolute Gasteiger partial charge is 0.312 e. The number of carbonyl (C=O) groups excluding carboxylic acids is 1. The number of hydrogen-bond acceptors (Lipinski definition) is 3. The molecular formula is C15H28O3. The Hall–Kier alpha value is -0.570. The van der Waals surface area contributed by atoms with Crippen LogP contribution in [0.3, 0.4) is 0 Å². The van der Waals surface area contributed by atoms with Gasteiger partial charge in [0.1, 0.15) is 0 Å². The van der Waals surface area contributed by atoms with Crippen LogP contribution >= 0.6 is 0 Å². The third-order valence-corrected chi connectivity index (χ3v) is 4.62. The maximum Gasteiger partial charge on any atom is 0.312 e. The number of rotatable bonds is 4. The van der Waals surface area contributed by atoms with E-state index in [1.165, 1.54) is 0 Å². The molecule has 1 aliphatic carbocycles. The predicted octanol–water partition coefficient (Wildman–Crippen LogP) is 3.01. The van der Waals surface area contributed by atoms with Gasteiger partial charge in [0, 0.05) is 0 Å². The second-order valence-electron chi connectivity index (χ2n) is 6.12. The average Bonchev–Trinajstić information content (AvgIpc) is 2.26. The third kappa shape index (κ3) is 2.87. The maximum atomic E-state index is 12.2. The molecule has 4 atom stereocenters. The van der Waals surface area contributed by atoms with Crippen LogP contribution in [0, 0.1) is 23.7 Å². The molecule has 0 amide bonds. The van der Waals surface area contributed by atoms with E-state index >= 15 is 0 Å². The van der Waals surface area contributed by atoms with Crippen molar-refractivity contribution in [2.45, 2.75) is 59.5 Å². The molecule has 1 fully saturated rings. The van der Waals surface area contributed by atoms with Crippen LogP contribution in [0.5, 0.6) is 0 Å². The topological polar surface area (TPSA) is 46.5 Å². The summed E-state index contributed by atoms with van der Waals surface area (Å²) < 4.78 is 5.17. The second-order valence-corrected chi connectivity index (χ2v) is 6.12. The van der Waals surface area contributed by atoms with Crippen LogP contribution in [0.2, 0.25) is 0 Å². The summed E-state index contributed by atoms with van der Waals surface area (Å²) in [5, 5.41) is 11.0. The van der Waals surface area contributed by atoms with Gasteiger partial charge in [0.25, 0.3) is 0 Å². The zero-order valence-electron chi connectivity index (χ0n) is 12.4. The molecule has 18 heavy (non-hydrogen) atoms. The van der Waals surface area contributed by atoms with Crippen LogP contribution in [0.1, 0.15) is 53.9 Å². The predicted molar refractivity (Wildman–Crippen MR) is 72.1 cm³/mol. The monoisotopic (exact) mass is 256 g/mol. The van der Waals surface area contributed by atoms with Gasteiger partial charge in [-0.2, -0.15) is 0 Å². The largest absolute Gasteiger partial charge is 0.466 e. The minimum atomic E-state index is -0.905. The summed E-state index contributed by atoms with van der Waals surface area (Å²) in [5.41, 5.74) is -0.905. The normalized spacial score (nSPS) is 34.4. The molecule has 0 radical (unpaired) electrons. The highest BCUT2D eigenvalue weighted by Crippen LogP contribution is 2.44. The van der Waals surface area contributed by atoms with Crippen LogP contribution in [0.25, 0.3) is 0 Å². The van der Waals surface area contributed by atoms with Gasteiger partial charge < -0.3 is 9.84 Å². The fourth-order valence-corrected chi connectivity index (χ4v) is 3.40. The van der Waals surface area contributed by atoms with E-state index in [1.807, 2.05) is 20.8 Å². The van der Waals surface area contributed by atoms with Crippen molar-refractivity contribution in [2.24, 2.45) is 23.7 Å². The van der Waals surface area contributed by atoms with E-state index < -0.39 is 11.5 Å². The molecule has 1 aliphatic rings. The van der Waals surface area contributed by atoms with Gasteiger partial charge in [0.05, 0.1) is 18.1 Å². The summed E-state index contributed by atoms with van der Waals surface area (Å²) in [7, 11) is 0. The van der Waals surface area contributed by atoms with Crippen LogP contribution in [0.4, 0.5) is 0 Å². The SMILES string of the molecule is CCOC(=O)C(C(C)C)C1(O)CCCC(C)C1C. The molecule has 1 rings (SSSR count). The first kappa shape index (κ1) is 15.5. The van der Waals surface area contributed by atoms with Crippen LogP contribution in [0.15, 0.2) is 0 Å². The first-order chi connectivity index (χ1) is 8.34. The highest BCUT2D eigenvalue weighted by atomic mass is 16.5. The fraction of sp³-hybridized carbons (Fsp3) is 0.933. The Morgan fingerprint density at radius 3 is 2.56 bits per heavy atom. The first-order valence-corrected chi connectivity index (χ1v) is 7.23. The lowest BCUT2D eigenvalue weighted by molar-refractivity contribution is -0.174. The van der Waals surface area contributed by atoms with Gasteiger partial charge in [-0.25, -0.2) is 0 Å². The summed E-state index contributed by atoms with van der Waals surface area (Å²) >= 11 is 0. The lowest BCUT2D eigenvalue weighted by Crippen LogP contribution is -2.54. The van der Waals surface area contributed by atoms with E-state index in [-0.39, 0.29) is 17.8 Å². The zero-order chi connectivity index (χ0) is 13.9. The van der Waals surface area contributed by atoms with Gasteiger partial charge in [0.2, 0.25) is 0 Å². The molecule has 1 saturated carbocycles. The van der Waals surface area contributed by atoms with Crippen molar-refractivity contribution < 1.29 is 14.6 Å². The van der Waals surface area contributed by atoms with Crippen molar-refractivity contribution in [3.8, 4) is 0 Å². The standard InChI is InChI=1S/C15H28O3/c1-6-18-14(16)13(10(2)3)15(17)9-7-8-11(4)12(15)5/h10-13,17H,6-9H2,1-5H3. The van der Waals surface area contributed by atoms with Gasteiger partial charge in [-0.1, -0.05) is 40.5 Å². The van der Waals surface area contributed by atoms with Gasteiger partial charge >= 0.3 is 5.97 Å². The molecule has 0 aromatic heterocycles. The summed E-state index contributed by atoms with van der Waals surface area (Å²) in [6, 6.07) is 0. The van der Waals surface area contributed by atoms with E-state index in [4.69, 9.17) is 4.74 Å². The average molecular weight is 256 g/mol. The Labute approximate surface area is 111 Å². The zero-order valence-corrected chi connectivity index (χ0v) is 12.4. The number of hydrogen-bond donors (Lipinski definition) is 1. The number of ether oxygens (including phenoxy) is 1. The molecule has 0 heterocycles. The molecule has 0 aromatic carbocycles. The van der Waals surface area contributed by atoms with Gasteiger partial charge in [-0.3, -0.25) is 4.79 Å². The van der Waals surface area contributed by atoms with Crippen LogP contribution < -0.4 is 0 Å². The van der Waals surface area contributed by atoms with E-state index in [9.17, 15) is 9.90 Å². The lowest BCUT2D eigenvalue weighted by atomic mass is 9.62. The number of aliphatic hydroxyl groups is 1. The Morgan fingerprint density at radius 2 is 2.06 bits per heavy atom. The molecule has 0 saturated heterocycles. The van der Waals surface area contributed by atoms with Crippen LogP contribution in [-0.2, 0) is 9.53 Å².